The summed E-state index contributed by atoms with van der Waals surface area (Å²) in [6.07, 6.45) is -3.10. The van der Waals surface area contributed by atoms with Crippen LogP contribution in [0, 0.1) is 5.82 Å². The lowest BCUT2D eigenvalue weighted by molar-refractivity contribution is -0.137. The normalized spacial score (nSPS) is 18.1. The van der Waals surface area contributed by atoms with Crippen LogP contribution >= 0.6 is 0 Å². The molecule has 27 heavy (non-hydrogen) atoms. The minimum absolute atomic E-state index is 0.227. The van der Waals surface area contributed by atoms with Crippen LogP contribution < -0.4 is 10.6 Å². The molecule has 4 nitrogen and oxygen atoms in total. The molecule has 3 rings (SSSR count). The number of ether oxygens (including phenoxy) is 1. The molecule has 2 unspecified atom stereocenters. The van der Waals surface area contributed by atoms with E-state index in [0.717, 1.165) is 25.0 Å². The highest BCUT2D eigenvalue weighted by molar-refractivity contribution is 5.89. The minimum atomic E-state index is -4.44. The number of hydrogen-bond acceptors (Lipinski definition) is 2. The first kappa shape index (κ1) is 19.2. The minimum Gasteiger partial charge on any atom is -0.376 e. The second-order valence-corrected chi connectivity index (χ2v) is 6.25. The Morgan fingerprint density at radius 3 is 2.30 bits per heavy atom. The Bertz CT molecular complexity index is 770. The maximum Gasteiger partial charge on any atom is 0.416 e. The lowest BCUT2D eigenvalue weighted by Crippen LogP contribution is -2.38. The van der Waals surface area contributed by atoms with Crippen molar-refractivity contribution in [3.8, 4) is 0 Å². The molecule has 1 heterocycles. The highest BCUT2D eigenvalue weighted by atomic mass is 19.4. The zero-order chi connectivity index (χ0) is 19.4. The maximum absolute atomic E-state index is 13.2. The van der Waals surface area contributed by atoms with Crippen molar-refractivity contribution in [1.29, 1.82) is 0 Å². The van der Waals surface area contributed by atoms with E-state index in [1.54, 1.807) is 12.1 Å². The summed E-state index contributed by atoms with van der Waals surface area (Å²) in [7, 11) is 0. The van der Waals surface area contributed by atoms with Crippen molar-refractivity contribution in [2.24, 2.45) is 0 Å². The topological polar surface area (TPSA) is 50.4 Å². The van der Waals surface area contributed by atoms with Gasteiger partial charge in [-0.25, -0.2) is 9.18 Å². The molecule has 144 valence electrons. The molecule has 1 aliphatic heterocycles. The summed E-state index contributed by atoms with van der Waals surface area (Å²) in [5, 5.41) is 5.28. The number of alkyl halides is 3. The van der Waals surface area contributed by atoms with Crippen LogP contribution in [0.2, 0.25) is 0 Å². The number of hydrogen-bond donors (Lipinski definition) is 2. The molecule has 0 aromatic heterocycles. The summed E-state index contributed by atoms with van der Waals surface area (Å²) in [5.41, 5.74) is 0.119. The number of amides is 2. The van der Waals surface area contributed by atoms with Crippen LogP contribution in [0.25, 0.3) is 0 Å². The van der Waals surface area contributed by atoms with E-state index in [2.05, 4.69) is 10.6 Å². The predicted octanol–water partition coefficient (Wildman–Crippen LogP) is 4.89. The van der Waals surface area contributed by atoms with E-state index in [9.17, 15) is 22.4 Å². The Morgan fingerprint density at radius 2 is 1.74 bits per heavy atom. The van der Waals surface area contributed by atoms with Gasteiger partial charge in [0.25, 0.3) is 0 Å². The van der Waals surface area contributed by atoms with E-state index >= 15 is 0 Å². The Kier molecular flexibility index (Phi) is 5.65. The van der Waals surface area contributed by atoms with Gasteiger partial charge in [0.05, 0.1) is 17.7 Å². The molecule has 8 heteroatoms. The fourth-order valence-corrected chi connectivity index (χ4v) is 2.98. The molecule has 0 spiro atoms. The van der Waals surface area contributed by atoms with Crippen molar-refractivity contribution < 1.29 is 27.1 Å². The zero-order valence-electron chi connectivity index (χ0n) is 14.2. The lowest BCUT2D eigenvalue weighted by atomic mass is 9.99. The van der Waals surface area contributed by atoms with Crippen LogP contribution in [0.5, 0.6) is 0 Å². The molecule has 0 aliphatic carbocycles. The SMILES string of the molecule is O=C(Nc1ccc(C(F)(F)F)cc1)NC(c1ccc(F)cc1)C1CCCO1. The summed E-state index contributed by atoms with van der Waals surface area (Å²) in [6, 6.07) is 8.81. The Labute approximate surface area is 153 Å². The molecule has 1 aliphatic rings. The number of halogens is 4. The third-order valence-corrected chi connectivity index (χ3v) is 4.32. The van der Waals surface area contributed by atoms with Crippen molar-refractivity contribution in [1.82, 2.24) is 5.32 Å². The van der Waals surface area contributed by atoms with Gasteiger partial charge in [-0.15, -0.1) is 0 Å². The first-order chi connectivity index (χ1) is 12.8. The van der Waals surface area contributed by atoms with Gasteiger partial charge in [0, 0.05) is 12.3 Å². The van der Waals surface area contributed by atoms with Crippen molar-refractivity contribution in [3.63, 3.8) is 0 Å². The van der Waals surface area contributed by atoms with Gasteiger partial charge in [-0.1, -0.05) is 12.1 Å². The monoisotopic (exact) mass is 382 g/mol. The molecule has 0 saturated carbocycles. The van der Waals surface area contributed by atoms with Gasteiger partial charge in [0.2, 0.25) is 0 Å². The highest BCUT2D eigenvalue weighted by Gasteiger charge is 2.31. The largest absolute Gasteiger partial charge is 0.416 e. The van der Waals surface area contributed by atoms with Crippen LogP contribution in [-0.2, 0) is 10.9 Å². The molecule has 2 aromatic carbocycles. The van der Waals surface area contributed by atoms with Gasteiger partial charge in [-0.2, -0.15) is 13.2 Å². The van der Waals surface area contributed by atoms with E-state index < -0.39 is 23.8 Å². The Hall–Kier alpha value is -2.61. The number of carbonyl (C=O) groups is 1. The lowest BCUT2D eigenvalue weighted by Gasteiger charge is -2.25. The molecule has 2 N–H and O–H groups in total. The summed E-state index contributed by atoms with van der Waals surface area (Å²) in [5.74, 6) is -0.390. The van der Waals surface area contributed by atoms with Crippen LogP contribution in [0.4, 0.5) is 28.0 Å². The zero-order valence-corrected chi connectivity index (χ0v) is 14.2. The summed E-state index contributed by atoms with van der Waals surface area (Å²) >= 11 is 0. The number of anilines is 1. The smallest absolute Gasteiger partial charge is 0.376 e. The fraction of sp³-hybridized carbons (Fsp3) is 0.316. The van der Waals surface area contributed by atoms with E-state index in [1.807, 2.05) is 0 Å². The second kappa shape index (κ2) is 7.96. The van der Waals surface area contributed by atoms with Crippen molar-refractivity contribution >= 4 is 11.7 Å². The molecule has 1 saturated heterocycles. The average Bonchev–Trinajstić information content (AvgIpc) is 3.14. The molecule has 2 atom stereocenters. The van der Waals surface area contributed by atoms with E-state index in [1.165, 1.54) is 24.3 Å². The second-order valence-electron chi connectivity index (χ2n) is 6.25. The van der Waals surface area contributed by atoms with E-state index in [4.69, 9.17) is 4.74 Å². The van der Waals surface area contributed by atoms with Crippen LogP contribution in [0.3, 0.4) is 0 Å². The number of nitrogens with one attached hydrogen (secondary N) is 2. The predicted molar refractivity (Wildman–Crippen MR) is 91.7 cm³/mol. The van der Waals surface area contributed by atoms with Gasteiger partial charge in [-0.3, -0.25) is 0 Å². The summed E-state index contributed by atoms with van der Waals surface area (Å²) in [4.78, 5) is 12.3. The number of carbonyl (C=O) groups excluding carboxylic acids is 1. The van der Waals surface area contributed by atoms with Crippen LogP contribution in [0.1, 0.15) is 30.0 Å². The number of benzene rings is 2. The van der Waals surface area contributed by atoms with Gasteiger partial charge in [0.1, 0.15) is 5.82 Å². The third kappa shape index (κ3) is 4.97. The fourth-order valence-electron chi connectivity index (χ4n) is 2.98. The first-order valence-corrected chi connectivity index (χ1v) is 8.45. The first-order valence-electron chi connectivity index (χ1n) is 8.45. The molecule has 1 fully saturated rings. The van der Waals surface area contributed by atoms with E-state index in [0.29, 0.717) is 12.2 Å². The van der Waals surface area contributed by atoms with Crippen molar-refractivity contribution in [2.75, 3.05) is 11.9 Å². The van der Waals surface area contributed by atoms with Crippen molar-refractivity contribution in [3.05, 3.63) is 65.5 Å². The Morgan fingerprint density at radius 1 is 1.07 bits per heavy atom. The summed E-state index contributed by atoms with van der Waals surface area (Å²) < 4.78 is 56.6. The maximum atomic E-state index is 13.2. The molecular weight excluding hydrogens is 364 g/mol. The summed E-state index contributed by atoms with van der Waals surface area (Å²) in [6.45, 7) is 0.574. The molecule has 0 bridgehead atoms. The molecule has 0 radical (unpaired) electrons. The van der Waals surface area contributed by atoms with Crippen molar-refractivity contribution in [2.45, 2.75) is 31.2 Å². The average molecular weight is 382 g/mol. The van der Waals surface area contributed by atoms with Gasteiger partial charge < -0.3 is 15.4 Å². The molecular formula is C19H18F4N2O2. The van der Waals surface area contributed by atoms with Gasteiger partial charge >= 0.3 is 12.2 Å². The van der Waals surface area contributed by atoms with Crippen LogP contribution in [0.15, 0.2) is 48.5 Å². The Balaban J connectivity index is 1.69. The quantitative estimate of drug-likeness (QED) is 0.740. The number of urea groups is 1. The number of rotatable bonds is 4. The van der Waals surface area contributed by atoms with Crippen LogP contribution in [-0.4, -0.2) is 18.7 Å². The molecule has 2 aromatic rings. The van der Waals surface area contributed by atoms with Gasteiger partial charge in [0.15, 0.2) is 0 Å². The third-order valence-electron chi connectivity index (χ3n) is 4.32. The van der Waals surface area contributed by atoms with Gasteiger partial charge in [-0.05, 0) is 54.8 Å². The highest BCUT2D eigenvalue weighted by Crippen LogP contribution is 2.30. The molecule has 2 amide bonds. The standard InChI is InChI=1S/C19H18F4N2O2/c20-14-7-3-12(4-8-14)17(16-2-1-11-27-16)25-18(26)24-15-9-5-13(6-10-15)19(21,22)23/h3-10,16-17H,1-2,11H2,(H2,24,25,26). The van der Waals surface area contributed by atoms with E-state index in [-0.39, 0.29) is 17.6 Å².